The van der Waals surface area contributed by atoms with E-state index in [-0.39, 0.29) is 12.0 Å². The van der Waals surface area contributed by atoms with Crippen LogP contribution in [0.15, 0.2) is 0 Å². The molecule has 0 N–H and O–H groups in total. The van der Waals surface area contributed by atoms with Crippen LogP contribution in [0.5, 0.6) is 0 Å². The van der Waals surface area contributed by atoms with Crippen molar-refractivity contribution in [3.05, 3.63) is 0 Å². The van der Waals surface area contributed by atoms with Crippen LogP contribution in [0, 0.1) is 0 Å². The summed E-state index contributed by atoms with van der Waals surface area (Å²) in [5, 5.41) is 0.262. The first-order valence-corrected chi connectivity index (χ1v) is 5.92. The van der Waals surface area contributed by atoms with Gasteiger partial charge in [0.05, 0.1) is 0 Å². The summed E-state index contributed by atoms with van der Waals surface area (Å²) in [5.41, 5.74) is 0. The SMILES string of the molecule is FC(F)(F)COCCCN1CCC(Cl)CC1. The highest BCUT2D eigenvalue weighted by molar-refractivity contribution is 6.20. The molecule has 0 unspecified atom stereocenters. The maximum Gasteiger partial charge on any atom is 0.411 e. The number of piperidine rings is 1. The van der Waals surface area contributed by atoms with Gasteiger partial charge in [0.2, 0.25) is 0 Å². The fourth-order valence-corrected chi connectivity index (χ4v) is 1.90. The quantitative estimate of drug-likeness (QED) is 0.556. The summed E-state index contributed by atoms with van der Waals surface area (Å²) in [6, 6.07) is 0. The highest BCUT2D eigenvalue weighted by atomic mass is 35.5. The van der Waals surface area contributed by atoms with Crippen molar-refractivity contribution in [1.29, 1.82) is 0 Å². The second-order valence-electron chi connectivity index (χ2n) is 4.04. The van der Waals surface area contributed by atoms with Crippen molar-refractivity contribution in [3.63, 3.8) is 0 Å². The molecule has 1 aliphatic heterocycles. The summed E-state index contributed by atoms with van der Waals surface area (Å²) in [4.78, 5) is 2.22. The summed E-state index contributed by atoms with van der Waals surface area (Å²) in [6.07, 6.45) is -1.64. The lowest BCUT2D eigenvalue weighted by atomic mass is 10.1. The molecule has 0 aromatic heterocycles. The molecule has 2 nitrogen and oxygen atoms in total. The lowest BCUT2D eigenvalue weighted by Crippen LogP contribution is -2.35. The van der Waals surface area contributed by atoms with Crippen LogP contribution in [0.1, 0.15) is 19.3 Å². The molecular weight excluding hydrogens is 243 g/mol. The van der Waals surface area contributed by atoms with Gasteiger partial charge in [-0.25, -0.2) is 0 Å². The maximum absolute atomic E-state index is 11.7. The Labute approximate surface area is 98.7 Å². The van der Waals surface area contributed by atoms with E-state index in [4.69, 9.17) is 11.6 Å². The molecular formula is C10H17ClF3NO. The number of hydrogen-bond donors (Lipinski definition) is 0. The number of rotatable bonds is 5. The van der Waals surface area contributed by atoms with E-state index in [0.29, 0.717) is 6.42 Å². The molecule has 16 heavy (non-hydrogen) atoms. The van der Waals surface area contributed by atoms with E-state index >= 15 is 0 Å². The van der Waals surface area contributed by atoms with E-state index in [0.717, 1.165) is 32.5 Å². The zero-order valence-corrected chi connectivity index (χ0v) is 9.86. The van der Waals surface area contributed by atoms with Crippen molar-refractivity contribution in [2.75, 3.05) is 32.8 Å². The largest absolute Gasteiger partial charge is 0.411 e. The van der Waals surface area contributed by atoms with Crippen LogP contribution in [-0.4, -0.2) is 49.3 Å². The first-order valence-electron chi connectivity index (χ1n) is 5.48. The van der Waals surface area contributed by atoms with Gasteiger partial charge in [-0.1, -0.05) is 0 Å². The fraction of sp³-hybridized carbons (Fsp3) is 1.00. The minimum absolute atomic E-state index is 0.167. The van der Waals surface area contributed by atoms with Gasteiger partial charge in [-0.3, -0.25) is 0 Å². The van der Waals surface area contributed by atoms with E-state index in [2.05, 4.69) is 9.64 Å². The average molecular weight is 260 g/mol. The summed E-state index contributed by atoms with van der Waals surface area (Å²) < 4.78 is 39.7. The molecule has 0 spiro atoms. The first-order chi connectivity index (χ1) is 7.47. The topological polar surface area (TPSA) is 12.5 Å². The van der Waals surface area contributed by atoms with E-state index in [9.17, 15) is 13.2 Å². The number of likely N-dealkylation sites (tertiary alicyclic amines) is 1. The smallest absolute Gasteiger partial charge is 0.372 e. The van der Waals surface area contributed by atoms with Crippen molar-refractivity contribution in [2.45, 2.75) is 30.8 Å². The summed E-state index contributed by atoms with van der Waals surface area (Å²) >= 11 is 5.94. The lowest BCUT2D eigenvalue weighted by molar-refractivity contribution is -0.174. The number of ether oxygens (including phenoxy) is 1. The molecule has 96 valence electrons. The van der Waals surface area contributed by atoms with Crippen LogP contribution < -0.4 is 0 Å². The van der Waals surface area contributed by atoms with Crippen LogP contribution >= 0.6 is 11.6 Å². The van der Waals surface area contributed by atoms with E-state index in [1.165, 1.54) is 0 Å². The molecule has 6 heteroatoms. The van der Waals surface area contributed by atoms with Crippen LogP contribution in [0.2, 0.25) is 0 Å². The summed E-state index contributed by atoms with van der Waals surface area (Å²) in [6.45, 7) is 1.69. The standard InChI is InChI=1S/C10H17ClF3NO/c11-9-2-5-15(6-3-9)4-1-7-16-8-10(12,13)14/h9H,1-8H2. The second-order valence-corrected chi connectivity index (χ2v) is 4.65. The molecule has 1 aliphatic rings. The van der Waals surface area contributed by atoms with Gasteiger partial charge >= 0.3 is 6.18 Å². The summed E-state index contributed by atoms with van der Waals surface area (Å²) in [7, 11) is 0. The van der Waals surface area contributed by atoms with Gasteiger partial charge in [-0.05, 0) is 32.4 Å². The Morgan fingerprint density at radius 2 is 1.88 bits per heavy atom. The van der Waals surface area contributed by atoms with Gasteiger partial charge in [0.1, 0.15) is 6.61 Å². The molecule has 1 rings (SSSR count). The molecule has 0 amide bonds. The number of nitrogens with zero attached hydrogens (tertiary/aromatic N) is 1. The lowest BCUT2D eigenvalue weighted by Gasteiger charge is -2.29. The third kappa shape index (κ3) is 6.55. The highest BCUT2D eigenvalue weighted by Crippen LogP contribution is 2.16. The zero-order chi connectivity index (χ0) is 12.0. The first kappa shape index (κ1) is 14.1. The molecule has 0 aromatic rings. The molecule has 0 radical (unpaired) electrons. The van der Waals surface area contributed by atoms with E-state index < -0.39 is 12.8 Å². The molecule has 0 saturated carbocycles. The molecule has 0 aromatic carbocycles. The van der Waals surface area contributed by atoms with Crippen LogP contribution in [-0.2, 0) is 4.74 Å². The van der Waals surface area contributed by atoms with Crippen LogP contribution in [0.4, 0.5) is 13.2 Å². The molecule has 1 saturated heterocycles. The van der Waals surface area contributed by atoms with Gasteiger partial charge in [0, 0.05) is 18.5 Å². The van der Waals surface area contributed by atoms with Gasteiger partial charge in [-0.15, -0.1) is 11.6 Å². The number of halogens is 4. The van der Waals surface area contributed by atoms with Gasteiger partial charge in [0.25, 0.3) is 0 Å². The van der Waals surface area contributed by atoms with Crippen molar-refractivity contribution in [3.8, 4) is 0 Å². The van der Waals surface area contributed by atoms with Crippen molar-refractivity contribution >= 4 is 11.6 Å². The molecule has 0 aliphatic carbocycles. The normalized spacial score (nSPS) is 20.2. The summed E-state index contributed by atoms with van der Waals surface area (Å²) in [5.74, 6) is 0. The van der Waals surface area contributed by atoms with Crippen LogP contribution in [0.25, 0.3) is 0 Å². The van der Waals surface area contributed by atoms with Gasteiger partial charge in [-0.2, -0.15) is 13.2 Å². The average Bonchev–Trinajstić information content (AvgIpc) is 2.19. The van der Waals surface area contributed by atoms with Crippen molar-refractivity contribution in [1.82, 2.24) is 4.90 Å². The fourth-order valence-electron chi connectivity index (χ4n) is 1.70. The van der Waals surface area contributed by atoms with Crippen molar-refractivity contribution < 1.29 is 17.9 Å². The van der Waals surface area contributed by atoms with Gasteiger partial charge in [0.15, 0.2) is 0 Å². The Morgan fingerprint density at radius 1 is 1.25 bits per heavy atom. The minimum atomic E-state index is -4.21. The molecule has 0 bridgehead atoms. The zero-order valence-electron chi connectivity index (χ0n) is 9.10. The molecule has 1 fully saturated rings. The van der Waals surface area contributed by atoms with Crippen LogP contribution in [0.3, 0.4) is 0 Å². The van der Waals surface area contributed by atoms with Gasteiger partial charge < -0.3 is 9.64 Å². The highest BCUT2D eigenvalue weighted by Gasteiger charge is 2.27. The van der Waals surface area contributed by atoms with Crippen molar-refractivity contribution in [2.24, 2.45) is 0 Å². The number of hydrogen-bond acceptors (Lipinski definition) is 2. The Morgan fingerprint density at radius 3 is 2.44 bits per heavy atom. The van der Waals surface area contributed by atoms with E-state index in [1.807, 2.05) is 0 Å². The monoisotopic (exact) mass is 259 g/mol. The Kier molecular flexibility index (Phi) is 5.86. The predicted octanol–water partition coefficient (Wildman–Crippen LogP) is 2.66. The maximum atomic E-state index is 11.7. The van der Waals surface area contributed by atoms with E-state index in [1.54, 1.807) is 0 Å². The molecule has 0 atom stereocenters. The Balaban J connectivity index is 1.95. The third-order valence-electron chi connectivity index (χ3n) is 2.55. The predicted molar refractivity (Wildman–Crippen MR) is 56.8 cm³/mol. The second kappa shape index (κ2) is 6.67. The molecule has 1 heterocycles. The third-order valence-corrected chi connectivity index (χ3v) is 2.98. The Hall–Kier alpha value is 0. The Bertz CT molecular complexity index is 193. The number of alkyl halides is 4. The minimum Gasteiger partial charge on any atom is -0.372 e.